The Hall–Kier alpha value is -1.73. The Labute approximate surface area is 84.9 Å². The zero-order valence-corrected chi connectivity index (χ0v) is 7.78. The summed E-state index contributed by atoms with van der Waals surface area (Å²) in [6.45, 7) is 0. The Kier molecular flexibility index (Phi) is 3.77. The van der Waals surface area contributed by atoms with Crippen molar-refractivity contribution in [2.75, 3.05) is 0 Å². The van der Waals surface area contributed by atoms with E-state index < -0.39 is 0 Å². The lowest BCUT2D eigenvalue weighted by molar-refractivity contribution is 0.565. The molecule has 70 valence electrons. The molecule has 0 heterocycles. The maximum Gasteiger partial charge on any atom is 0.240 e. The van der Waals surface area contributed by atoms with Gasteiger partial charge in [-0.25, -0.2) is 9.59 Å². The molecule has 0 aliphatic heterocycles. The van der Waals surface area contributed by atoms with Crippen LogP contribution in [0.1, 0.15) is 5.56 Å². The summed E-state index contributed by atoms with van der Waals surface area (Å²) >= 11 is 5.63. The van der Waals surface area contributed by atoms with Gasteiger partial charge in [0.05, 0.1) is 17.3 Å². The van der Waals surface area contributed by atoms with Crippen LogP contribution in [0, 0.1) is 0 Å². The normalized spacial score (nSPS) is 8.64. The largest absolute Gasteiger partial charge is 0.240 e. The average Bonchev–Trinajstić information content (AvgIpc) is 2.19. The van der Waals surface area contributed by atoms with Crippen molar-refractivity contribution in [1.82, 2.24) is 0 Å². The number of rotatable bonds is 3. The molecule has 1 aromatic rings. The molecule has 5 heteroatoms. The van der Waals surface area contributed by atoms with Gasteiger partial charge in [0.25, 0.3) is 0 Å². The van der Waals surface area contributed by atoms with E-state index in [-0.39, 0.29) is 5.88 Å². The second kappa shape index (κ2) is 5.10. The molecule has 0 saturated heterocycles. The minimum Gasteiger partial charge on any atom is -0.211 e. The Morgan fingerprint density at radius 1 is 1.14 bits per heavy atom. The van der Waals surface area contributed by atoms with Gasteiger partial charge in [0.15, 0.2) is 0 Å². The van der Waals surface area contributed by atoms with Crippen LogP contribution < -0.4 is 0 Å². The van der Waals surface area contributed by atoms with E-state index >= 15 is 0 Å². The molecule has 0 aliphatic carbocycles. The molecule has 0 aromatic heterocycles. The van der Waals surface area contributed by atoms with Gasteiger partial charge < -0.3 is 0 Å². The third kappa shape index (κ3) is 2.15. The molecule has 0 unspecified atom stereocenters. The molecule has 0 radical (unpaired) electrons. The van der Waals surface area contributed by atoms with Crippen LogP contribution in [0.15, 0.2) is 28.2 Å². The first-order chi connectivity index (χ1) is 6.83. The Morgan fingerprint density at radius 2 is 1.64 bits per heavy atom. The number of nitrogens with zero attached hydrogens (tertiary/aromatic N) is 2. The van der Waals surface area contributed by atoms with Gasteiger partial charge in [0, 0.05) is 5.56 Å². The third-order valence-corrected chi connectivity index (χ3v) is 1.86. The van der Waals surface area contributed by atoms with E-state index in [4.69, 9.17) is 11.6 Å². The third-order valence-electron chi connectivity index (χ3n) is 1.59. The van der Waals surface area contributed by atoms with Crippen molar-refractivity contribution in [2.24, 2.45) is 9.98 Å². The molecule has 0 fully saturated rings. The maximum atomic E-state index is 10.1. The van der Waals surface area contributed by atoms with Crippen LogP contribution in [0.3, 0.4) is 0 Å². The molecular formula is C9H5ClN2O2. The second-order valence-electron chi connectivity index (χ2n) is 2.31. The van der Waals surface area contributed by atoms with Crippen LogP contribution in [-0.4, -0.2) is 12.2 Å². The van der Waals surface area contributed by atoms with E-state index in [9.17, 15) is 9.59 Å². The van der Waals surface area contributed by atoms with Crippen LogP contribution >= 0.6 is 11.6 Å². The van der Waals surface area contributed by atoms with Gasteiger partial charge >= 0.3 is 0 Å². The minimum absolute atomic E-state index is 0.113. The highest BCUT2D eigenvalue weighted by Crippen LogP contribution is 2.29. The molecular weight excluding hydrogens is 204 g/mol. The zero-order chi connectivity index (χ0) is 10.4. The lowest BCUT2D eigenvalue weighted by atomic mass is 10.1. The smallest absolute Gasteiger partial charge is 0.211 e. The molecule has 0 saturated carbocycles. The van der Waals surface area contributed by atoms with Crippen LogP contribution in [0.2, 0.25) is 0 Å². The number of hydrogen-bond donors (Lipinski definition) is 0. The van der Waals surface area contributed by atoms with Crippen molar-refractivity contribution < 1.29 is 9.59 Å². The average molecular weight is 209 g/mol. The van der Waals surface area contributed by atoms with Crippen molar-refractivity contribution in [1.29, 1.82) is 0 Å². The van der Waals surface area contributed by atoms with Crippen LogP contribution in [0.25, 0.3) is 0 Å². The number of alkyl halides is 1. The zero-order valence-electron chi connectivity index (χ0n) is 7.03. The summed E-state index contributed by atoms with van der Waals surface area (Å²) in [6.07, 6.45) is 2.81. The number of halogens is 1. The van der Waals surface area contributed by atoms with E-state index in [1.165, 1.54) is 12.2 Å². The molecule has 1 aromatic carbocycles. The SMILES string of the molecule is O=C=Nc1cccc(N=C=O)c1CCl. The number of aliphatic imine (C=N–C) groups is 2. The molecule has 0 atom stereocenters. The molecule has 0 aliphatic rings. The van der Waals surface area contributed by atoms with Gasteiger partial charge in [-0.2, -0.15) is 9.98 Å². The van der Waals surface area contributed by atoms with Crippen LogP contribution in [-0.2, 0) is 15.5 Å². The van der Waals surface area contributed by atoms with Gasteiger partial charge in [-0.15, -0.1) is 11.6 Å². The first-order valence-corrected chi connectivity index (χ1v) is 4.20. The summed E-state index contributed by atoms with van der Waals surface area (Å²) in [5.41, 5.74) is 1.25. The lowest BCUT2D eigenvalue weighted by Gasteiger charge is -2.02. The van der Waals surface area contributed by atoms with Crippen molar-refractivity contribution in [3.8, 4) is 0 Å². The summed E-state index contributed by atoms with van der Waals surface area (Å²) in [7, 11) is 0. The first-order valence-electron chi connectivity index (χ1n) is 3.67. The lowest BCUT2D eigenvalue weighted by Crippen LogP contribution is -1.80. The van der Waals surface area contributed by atoms with Crippen LogP contribution in [0.4, 0.5) is 11.4 Å². The summed E-state index contributed by atoms with van der Waals surface area (Å²) in [5, 5.41) is 0. The van der Waals surface area contributed by atoms with Gasteiger partial charge in [-0.3, -0.25) is 0 Å². The Balaban J connectivity index is 3.38. The first kappa shape index (κ1) is 10.4. The highest BCUT2D eigenvalue weighted by molar-refractivity contribution is 6.17. The van der Waals surface area contributed by atoms with Crippen molar-refractivity contribution in [3.63, 3.8) is 0 Å². The van der Waals surface area contributed by atoms with E-state index in [0.29, 0.717) is 16.9 Å². The van der Waals surface area contributed by atoms with Gasteiger partial charge in [-0.1, -0.05) is 6.07 Å². The Morgan fingerprint density at radius 3 is 2.00 bits per heavy atom. The van der Waals surface area contributed by atoms with Gasteiger partial charge in [0.1, 0.15) is 0 Å². The summed E-state index contributed by atoms with van der Waals surface area (Å²) in [4.78, 5) is 27.0. The van der Waals surface area contributed by atoms with Gasteiger partial charge in [0.2, 0.25) is 12.2 Å². The molecule has 1 rings (SSSR count). The fourth-order valence-electron chi connectivity index (χ4n) is 1.01. The predicted molar refractivity (Wildman–Crippen MR) is 51.6 cm³/mol. The van der Waals surface area contributed by atoms with Crippen LogP contribution in [0.5, 0.6) is 0 Å². The van der Waals surface area contributed by atoms with E-state index in [1.807, 2.05) is 0 Å². The van der Waals surface area contributed by atoms with E-state index in [2.05, 4.69) is 9.98 Å². The summed E-state index contributed by atoms with van der Waals surface area (Å²) < 4.78 is 0. The molecule has 4 nitrogen and oxygen atoms in total. The van der Waals surface area contributed by atoms with E-state index in [1.54, 1.807) is 18.2 Å². The molecule has 0 N–H and O–H groups in total. The quantitative estimate of drug-likeness (QED) is 0.435. The van der Waals surface area contributed by atoms with Crippen molar-refractivity contribution in [2.45, 2.75) is 5.88 Å². The second-order valence-corrected chi connectivity index (χ2v) is 2.58. The predicted octanol–water partition coefficient (Wildman–Crippen LogP) is 2.36. The molecule has 0 bridgehead atoms. The highest BCUT2D eigenvalue weighted by Gasteiger charge is 2.05. The highest BCUT2D eigenvalue weighted by atomic mass is 35.5. The van der Waals surface area contributed by atoms with Crippen molar-refractivity contribution >= 4 is 35.1 Å². The fourth-order valence-corrected chi connectivity index (χ4v) is 1.28. The summed E-state index contributed by atoms with van der Waals surface area (Å²) in [6, 6.07) is 4.79. The number of isocyanates is 2. The topological polar surface area (TPSA) is 58.9 Å². The molecule has 0 spiro atoms. The Bertz CT molecular complexity index is 396. The monoisotopic (exact) mass is 208 g/mol. The van der Waals surface area contributed by atoms with Crippen molar-refractivity contribution in [3.05, 3.63) is 23.8 Å². The van der Waals surface area contributed by atoms with E-state index in [0.717, 1.165) is 0 Å². The summed E-state index contributed by atoms with van der Waals surface area (Å²) in [5.74, 6) is 0.113. The fraction of sp³-hybridized carbons (Fsp3) is 0.111. The maximum absolute atomic E-state index is 10.1. The number of hydrogen-bond acceptors (Lipinski definition) is 4. The van der Waals surface area contributed by atoms with Gasteiger partial charge in [-0.05, 0) is 12.1 Å². The standard InChI is InChI=1S/C9H5ClN2O2/c10-4-7-8(11-5-13)2-1-3-9(7)12-6-14/h1-3H,4H2. The number of benzene rings is 1. The molecule has 0 amide bonds. The molecule has 14 heavy (non-hydrogen) atoms. The minimum atomic E-state index is 0.113. The number of carbonyl (C=O) groups excluding carboxylic acids is 2.